The van der Waals surface area contributed by atoms with Crippen molar-refractivity contribution >= 4 is 22.7 Å². The summed E-state index contributed by atoms with van der Waals surface area (Å²) in [6, 6.07) is 23.4. The summed E-state index contributed by atoms with van der Waals surface area (Å²) >= 11 is 0. The van der Waals surface area contributed by atoms with Crippen molar-refractivity contribution in [1.29, 1.82) is 0 Å². The third-order valence-corrected chi connectivity index (χ3v) is 5.22. The zero-order valence-corrected chi connectivity index (χ0v) is 16.8. The SMILES string of the molecule is Nc1ccc(-c2ccc(-c3ccc([N+](=O)[O-])cc3)c(-c3ccc([N+](=O)[O-])cc3)c2N)cc1. The minimum Gasteiger partial charge on any atom is -0.399 e. The molecule has 0 bridgehead atoms. The smallest absolute Gasteiger partial charge is 0.269 e. The van der Waals surface area contributed by atoms with Gasteiger partial charge in [0.05, 0.1) is 9.85 Å². The molecule has 0 heterocycles. The first kappa shape index (κ1) is 20.5. The molecule has 8 heteroatoms. The molecule has 0 aliphatic heterocycles. The molecule has 0 aliphatic rings. The number of nitro groups is 2. The summed E-state index contributed by atoms with van der Waals surface area (Å²) < 4.78 is 0. The highest BCUT2D eigenvalue weighted by atomic mass is 16.6. The molecule has 158 valence electrons. The van der Waals surface area contributed by atoms with Gasteiger partial charge in [-0.25, -0.2) is 0 Å². The maximum atomic E-state index is 11.1. The van der Waals surface area contributed by atoms with E-state index in [1.165, 1.54) is 24.3 Å². The Bertz CT molecular complexity index is 1320. The minimum atomic E-state index is -0.463. The van der Waals surface area contributed by atoms with Gasteiger partial charge in [-0.3, -0.25) is 20.2 Å². The Morgan fingerprint density at radius 1 is 0.531 bits per heavy atom. The number of anilines is 2. The second kappa shape index (κ2) is 8.19. The van der Waals surface area contributed by atoms with Crippen LogP contribution in [0.15, 0.2) is 84.9 Å². The summed E-state index contributed by atoms with van der Waals surface area (Å²) in [5, 5.41) is 22.1. The number of nitrogens with zero attached hydrogens (tertiary/aromatic N) is 2. The van der Waals surface area contributed by atoms with Crippen LogP contribution < -0.4 is 11.5 Å². The van der Waals surface area contributed by atoms with Gasteiger partial charge in [-0.1, -0.05) is 24.3 Å². The van der Waals surface area contributed by atoms with E-state index in [9.17, 15) is 20.2 Å². The van der Waals surface area contributed by atoms with E-state index in [0.717, 1.165) is 22.3 Å². The minimum absolute atomic E-state index is 0.0166. The molecule has 0 amide bonds. The number of nitrogens with two attached hydrogens (primary N) is 2. The van der Waals surface area contributed by atoms with Crippen LogP contribution >= 0.6 is 0 Å². The van der Waals surface area contributed by atoms with Crippen LogP contribution in [-0.4, -0.2) is 9.85 Å². The maximum Gasteiger partial charge on any atom is 0.269 e. The van der Waals surface area contributed by atoms with E-state index in [1.54, 1.807) is 36.4 Å². The van der Waals surface area contributed by atoms with Crippen molar-refractivity contribution in [3.05, 3.63) is 105 Å². The molecule has 4 aromatic rings. The molecule has 4 rings (SSSR count). The molecule has 0 radical (unpaired) electrons. The predicted octanol–water partition coefficient (Wildman–Crippen LogP) is 5.67. The highest BCUT2D eigenvalue weighted by Gasteiger charge is 2.17. The van der Waals surface area contributed by atoms with Crippen molar-refractivity contribution in [1.82, 2.24) is 0 Å². The van der Waals surface area contributed by atoms with E-state index in [2.05, 4.69) is 0 Å². The first-order valence-electron chi connectivity index (χ1n) is 9.63. The van der Waals surface area contributed by atoms with Gasteiger partial charge in [-0.2, -0.15) is 0 Å². The van der Waals surface area contributed by atoms with Gasteiger partial charge in [0, 0.05) is 46.8 Å². The number of nitro benzene ring substituents is 2. The van der Waals surface area contributed by atoms with Crippen LogP contribution in [0, 0.1) is 20.2 Å². The van der Waals surface area contributed by atoms with Gasteiger partial charge >= 0.3 is 0 Å². The Hall–Kier alpha value is -4.72. The number of non-ortho nitro benzene ring substituents is 2. The summed E-state index contributed by atoms with van der Waals surface area (Å²) in [6.07, 6.45) is 0. The molecular weight excluding hydrogens is 408 g/mol. The van der Waals surface area contributed by atoms with Crippen molar-refractivity contribution in [3.8, 4) is 33.4 Å². The quantitative estimate of drug-likeness (QED) is 0.239. The number of benzene rings is 4. The van der Waals surface area contributed by atoms with Crippen LogP contribution in [0.2, 0.25) is 0 Å². The van der Waals surface area contributed by atoms with Gasteiger partial charge < -0.3 is 11.5 Å². The summed E-state index contributed by atoms with van der Waals surface area (Å²) in [7, 11) is 0. The van der Waals surface area contributed by atoms with Gasteiger partial charge in [0.2, 0.25) is 0 Å². The number of nitrogen functional groups attached to an aromatic ring is 2. The highest BCUT2D eigenvalue weighted by Crippen LogP contribution is 2.42. The van der Waals surface area contributed by atoms with Crippen LogP contribution in [0.5, 0.6) is 0 Å². The lowest BCUT2D eigenvalue weighted by Crippen LogP contribution is -1.98. The molecule has 4 aromatic carbocycles. The topological polar surface area (TPSA) is 138 Å². The number of hydrogen-bond acceptors (Lipinski definition) is 6. The fraction of sp³-hybridized carbons (Fsp3) is 0. The molecule has 0 aliphatic carbocycles. The fourth-order valence-corrected chi connectivity index (χ4v) is 3.60. The summed E-state index contributed by atoms with van der Waals surface area (Å²) in [4.78, 5) is 21.2. The Kier molecular flexibility index (Phi) is 5.26. The number of hydrogen-bond donors (Lipinski definition) is 2. The average molecular weight is 426 g/mol. The lowest BCUT2D eigenvalue weighted by Gasteiger charge is -2.17. The molecule has 32 heavy (non-hydrogen) atoms. The Labute approximate surface area is 183 Å². The fourth-order valence-electron chi connectivity index (χ4n) is 3.60. The van der Waals surface area contributed by atoms with Crippen molar-refractivity contribution in [2.75, 3.05) is 11.5 Å². The largest absolute Gasteiger partial charge is 0.399 e. The van der Waals surface area contributed by atoms with Gasteiger partial charge in [0.25, 0.3) is 11.4 Å². The van der Waals surface area contributed by atoms with Gasteiger partial charge in [0.1, 0.15) is 0 Å². The standard InChI is InChI=1S/C24H18N4O4/c25-18-7-1-16(2-8-18)22-14-13-21(15-3-9-19(10-4-15)27(29)30)23(24(22)26)17-5-11-20(12-6-17)28(31)32/h1-14H,25-26H2. The molecule has 0 saturated heterocycles. The molecular formula is C24H18N4O4. The normalized spacial score (nSPS) is 10.6. The lowest BCUT2D eigenvalue weighted by molar-refractivity contribution is -0.385. The van der Waals surface area contributed by atoms with Crippen molar-refractivity contribution in [3.63, 3.8) is 0 Å². The lowest BCUT2D eigenvalue weighted by atomic mass is 9.89. The second-order valence-corrected chi connectivity index (χ2v) is 7.18. The third-order valence-electron chi connectivity index (χ3n) is 5.22. The summed E-state index contributed by atoms with van der Waals surface area (Å²) in [6.45, 7) is 0. The van der Waals surface area contributed by atoms with Crippen molar-refractivity contribution < 1.29 is 9.85 Å². The van der Waals surface area contributed by atoms with Crippen LogP contribution in [0.4, 0.5) is 22.7 Å². The van der Waals surface area contributed by atoms with Crippen molar-refractivity contribution in [2.45, 2.75) is 0 Å². The summed E-state index contributed by atoms with van der Waals surface area (Å²) in [5.41, 5.74) is 18.0. The molecule has 0 atom stereocenters. The predicted molar refractivity (Wildman–Crippen MR) is 125 cm³/mol. The average Bonchev–Trinajstić information content (AvgIpc) is 2.80. The maximum absolute atomic E-state index is 11.1. The van der Waals surface area contributed by atoms with E-state index in [1.807, 2.05) is 24.3 Å². The first-order chi connectivity index (χ1) is 15.3. The highest BCUT2D eigenvalue weighted by molar-refractivity contribution is 5.98. The zero-order valence-electron chi connectivity index (χ0n) is 16.8. The Morgan fingerprint density at radius 3 is 1.44 bits per heavy atom. The molecule has 8 nitrogen and oxygen atoms in total. The monoisotopic (exact) mass is 426 g/mol. The van der Waals surface area contributed by atoms with Gasteiger partial charge in [-0.15, -0.1) is 0 Å². The molecule has 0 unspecified atom stereocenters. The zero-order chi connectivity index (χ0) is 22.8. The van der Waals surface area contributed by atoms with Crippen LogP contribution in [-0.2, 0) is 0 Å². The van der Waals surface area contributed by atoms with Gasteiger partial charge in [0.15, 0.2) is 0 Å². The molecule has 0 saturated carbocycles. The Balaban J connectivity index is 1.92. The first-order valence-corrected chi connectivity index (χ1v) is 9.63. The van der Waals surface area contributed by atoms with E-state index >= 15 is 0 Å². The van der Waals surface area contributed by atoms with Crippen LogP contribution in [0.25, 0.3) is 33.4 Å². The third kappa shape index (κ3) is 3.84. The molecule has 0 aromatic heterocycles. The van der Waals surface area contributed by atoms with E-state index in [4.69, 9.17) is 11.5 Å². The van der Waals surface area contributed by atoms with Crippen LogP contribution in [0.3, 0.4) is 0 Å². The van der Waals surface area contributed by atoms with Gasteiger partial charge in [-0.05, 0) is 58.7 Å². The summed E-state index contributed by atoms with van der Waals surface area (Å²) in [5.74, 6) is 0. The van der Waals surface area contributed by atoms with E-state index < -0.39 is 9.85 Å². The molecule has 4 N–H and O–H groups in total. The van der Waals surface area contributed by atoms with E-state index in [0.29, 0.717) is 22.5 Å². The molecule has 0 fully saturated rings. The van der Waals surface area contributed by atoms with Crippen LogP contribution in [0.1, 0.15) is 0 Å². The van der Waals surface area contributed by atoms with Crippen molar-refractivity contribution in [2.24, 2.45) is 0 Å². The Morgan fingerprint density at radius 2 is 0.938 bits per heavy atom. The number of rotatable bonds is 5. The second-order valence-electron chi connectivity index (χ2n) is 7.18. The molecule has 0 spiro atoms. The van der Waals surface area contributed by atoms with E-state index in [-0.39, 0.29) is 11.4 Å².